The monoisotopic (exact) mass is 241 g/mol. The third kappa shape index (κ3) is 2.21. The standard InChI is InChI=1S/C11H16ClN3O/c1-14(7-8-5-9(12)6-8)11(16)10-3-4-13-15(10)2/h3-4,8-9H,5-7H2,1-2H3. The molecular formula is C11H16ClN3O. The summed E-state index contributed by atoms with van der Waals surface area (Å²) in [5, 5.41) is 4.30. The van der Waals surface area contributed by atoms with Gasteiger partial charge in [0.2, 0.25) is 0 Å². The number of aryl methyl sites for hydroxylation is 1. The Morgan fingerprint density at radius 2 is 2.38 bits per heavy atom. The highest BCUT2D eigenvalue weighted by Gasteiger charge is 2.29. The fourth-order valence-corrected chi connectivity index (χ4v) is 2.56. The average Bonchev–Trinajstić information content (AvgIpc) is 2.61. The number of hydrogen-bond acceptors (Lipinski definition) is 2. The maximum absolute atomic E-state index is 12.0. The number of aromatic nitrogens is 2. The summed E-state index contributed by atoms with van der Waals surface area (Å²) in [7, 11) is 3.61. The van der Waals surface area contributed by atoms with E-state index in [4.69, 9.17) is 11.6 Å². The van der Waals surface area contributed by atoms with Crippen LogP contribution in [0.2, 0.25) is 0 Å². The van der Waals surface area contributed by atoms with Crippen LogP contribution in [0.3, 0.4) is 0 Å². The van der Waals surface area contributed by atoms with E-state index in [1.54, 1.807) is 28.9 Å². The fourth-order valence-electron chi connectivity index (χ4n) is 2.05. The van der Waals surface area contributed by atoms with Gasteiger partial charge >= 0.3 is 0 Å². The van der Waals surface area contributed by atoms with E-state index < -0.39 is 0 Å². The Morgan fingerprint density at radius 1 is 1.69 bits per heavy atom. The second-order valence-corrected chi connectivity index (χ2v) is 5.08. The lowest BCUT2D eigenvalue weighted by atomic mass is 9.84. The van der Waals surface area contributed by atoms with Gasteiger partial charge in [0.15, 0.2) is 0 Å². The van der Waals surface area contributed by atoms with E-state index in [2.05, 4.69) is 5.10 Å². The molecule has 1 aliphatic rings. The second kappa shape index (κ2) is 4.45. The molecular weight excluding hydrogens is 226 g/mol. The van der Waals surface area contributed by atoms with Crippen molar-refractivity contribution in [1.82, 2.24) is 14.7 Å². The van der Waals surface area contributed by atoms with Gasteiger partial charge in [0, 0.05) is 32.2 Å². The van der Waals surface area contributed by atoms with Crippen molar-refractivity contribution in [3.05, 3.63) is 18.0 Å². The minimum atomic E-state index is 0.0259. The number of rotatable bonds is 3. The van der Waals surface area contributed by atoms with E-state index in [1.165, 1.54) is 0 Å². The molecule has 1 aliphatic carbocycles. The van der Waals surface area contributed by atoms with Gasteiger partial charge < -0.3 is 4.90 Å². The Morgan fingerprint density at radius 3 is 2.88 bits per heavy atom. The van der Waals surface area contributed by atoms with Gasteiger partial charge in [-0.25, -0.2) is 0 Å². The molecule has 0 saturated heterocycles. The predicted molar refractivity (Wildman–Crippen MR) is 62.5 cm³/mol. The van der Waals surface area contributed by atoms with Crippen LogP contribution in [-0.2, 0) is 7.05 Å². The molecule has 2 rings (SSSR count). The Kier molecular flexibility index (Phi) is 3.19. The first-order valence-corrected chi connectivity index (χ1v) is 5.89. The van der Waals surface area contributed by atoms with E-state index in [1.807, 2.05) is 7.05 Å². The number of carbonyl (C=O) groups is 1. The Labute approximate surface area is 100 Å². The van der Waals surface area contributed by atoms with Crippen LogP contribution in [0.1, 0.15) is 23.3 Å². The van der Waals surface area contributed by atoms with E-state index in [-0.39, 0.29) is 5.91 Å². The molecule has 16 heavy (non-hydrogen) atoms. The van der Waals surface area contributed by atoms with Crippen molar-refractivity contribution in [3.8, 4) is 0 Å². The molecule has 1 heterocycles. The van der Waals surface area contributed by atoms with Crippen molar-refractivity contribution in [1.29, 1.82) is 0 Å². The summed E-state index contributed by atoms with van der Waals surface area (Å²) < 4.78 is 1.60. The fraction of sp³-hybridized carbons (Fsp3) is 0.636. The molecule has 0 spiro atoms. The Balaban J connectivity index is 1.92. The molecule has 88 valence electrons. The predicted octanol–water partition coefficient (Wildman–Crippen LogP) is 1.51. The summed E-state index contributed by atoms with van der Waals surface area (Å²) in [4.78, 5) is 13.8. The SMILES string of the molecule is CN(CC1CC(Cl)C1)C(=O)c1ccnn1C. The second-order valence-electron chi connectivity index (χ2n) is 4.46. The van der Waals surface area contributed by atoms with Gasteiger partial charge in [0.25, 0.3) is 5.91 Å². The van der Waals surface area contributed by atoms with Crippen molar-refractivity contribution in [2.45, 2.75) is 18.2 Å². The maximum atomic E-state index is 12.0. The molecule has 1 aromatic heterocycles. The summed E-state index contributed by atoms with van der Waals surface area (Å²) in [5.41, 5.74) is 0.629. The minimum absolute atomic E-state index is 0.0259. The van der Waals surface area contributed by atoms with Crippen molar-refractivity contribution in [2.75, 3.05) is 13.6 Å². The van der Waals surface area contributed by atoms with Gasteiger partial charge in [-0.1, -0.05) is 0 Å². The summed E-state index contributed by atoms with van der Waals surface area (Å²) in [6.45, 7) is 0.785. The highest BCUT2D eigenvalue weighted by molar-refractivity contribution is 6.21. The number of alkyl halides is 1. The van der Waals surface area contributed by atoms with Crippen LogP contribution in [-0.4, -0.2) is 39.6 Å². The van der Waals surface area contributed by atoms with Crippen LogP contribution in [0.5, 0.6) is 0 Å². The minimum Gasteiger partial charge on any atom is -0.340 e. The van der Waals surface area contributed by atoms with Gasteiger partial charge in [0.1, 0.15) is 5.69 Å². The molecule has 0 N–H and O–H groups in total. The topological polar surface area (TPSA) is 38.1 Å². The van der Waals surface area contributed by atoms with E-state index >= 15 is 0 Å². The van der Waals surface area contributed by atoms with E-state index in [9.17, 15) is 4.79 Å². The number of amides is 1. The summed E-state index contributed by atoms with van der Waals surface area (Å²) >= 11 is 5.91. The Hall–Kier alpha value is -1.03. The molecule has 1 fully saturated rings. The van der Waals surface area contributed by atoms with Gasteiger partial charge in [-0.05, 0) is 24.8 Å². The molecule has 1 aromatic rings. The molecule has 0 aromatic carbocycles. The lowest BCUT2D eigenvalue weighted by Gasteiger charge is -2.34. The smallest absolute Gasteiger partial charge is 0.271 e. The lowest BCUT2D eigenvalue weighted by molar-refractivity contribution is 0.0736. The summed E-state index contributed by atoms with van der Waals surface area (Å²) in [6, 6.07) is 1.74. The first-order valence-electron chi connectivity index (χ1n) is 5.45. The van der Waals surface area contributed by atoms with Crippen molar-refractivity contribution >= 4 is 17.5 Å². The number of hydrogen-bond donors (Lipinski definition) is 0. The van der Waals surface area contributed by atoms with Gasteiger partial charge in [0.05, 0.1) is 0 Å². The maximum Gasteiger partial charge on any atom is 0.271 e. The van der Waals surface area contributed by atoms with Crippen LogP contribution in [0.25, 0.3) is 0 Å². The average molecular weight is 242 g/mol. The highest BCUT2D eigenvalue weighted by Crippen LogP contribution is 2.32. The molecule has 1 saturated carbocycles. The third-order valence-electron chi connectivity index (χ3n) is 3.10. The van der Waals surface area contributed by atoms with Crippen LogP contribution >= 0.6 is 11.6 Å². The third-order valence-corrected chi connectivity index (χ3v) is 3.45. The van der Waals surface area contributed by atoms with E-state index in [0.717, 1.165) is 19.4 Å². The molecule has 0 bridgehead atoms. The van der Waals surface area contributed by atoms with Gasteiger partial charge in [-0.2, -0.15) is 5.10 Å². The first kappa shape index (κ1) is 11.5. The normalized spacial score (nSPS) is 23.9. The van der Waals surface area contributed by atoms with Crippen LogP contribution in [0, 0.1) is 5.92 Å². The van der Waals surface area contributed by atoms with Gasteiger partial charge in [-0.15, -0.1) is 11.6 Å². The van der Waals surface area contributed by atoms with Crippen molar-refractivity contribution < 1.29 is 4.79 Å². The van der Waals surface area contributed by atoms with Crippen LogP contribution < -0.4 is 0 Å². The van der Waals surface area contributed by atoms with Crippen LogP contribution in [0.4, 0.5) is 0 Å². The molecule has 5 heteroatoms. The first-order chi connectivity index (χ1) is 7.58. The number of carbonyl (C=O) groups excluding carboxylic acids is 1. The molecule has 1 amide bonds. The van der Waals surface area contributed by atoms with Crippen LogP contribution in [0.15, 0.2) is 12.3 Å². The zero-order valence-corrected chi connectivity index (χ0v) is 10.3. The largest absolute Gasteiger partial charge is 0.340 e. The number of nitrogens with zero attached hydrogens (tertiary/aromatic N) is 3. The van der Waals surface area contributed by atoms with E-state index in [0.29, 0.717) is 17.0 Å². The Bertz CT molecular complexity index is 384. The highest BCUT2D eigenvalue weighted by atomic mass is 35.5. The molecule has 0 unspecified atom stereocenters. The molecule has 4 nitrogen and oxygen atoms in total. The number of halogens is 1. The van der Waals surface area contributed by atoms with Crippen molar-refractivity contribution in [3.63, 3.8) is 0 Å². The molecule has 0 aliphatic heterocycles. The summed E-state index contributed by atoms with van der Waals surface area (Å²) in [5.74, 6) is 0.586. The summed E-state index contributed by atoms with van der Waals surface area (Å²) in [6.07, 6.45) is 3.67. The zero-order chi connectivity index (χ0) is 11.7. The molecule has 0 atom stereocenters. The zero-order valence-electron chi connectivity index (χ0n) is 9.56. The van der Waals surface area contributed by atoms with Crippen molar-refractivity contribution in [2.24, 2.45) is 13.0 Å². The molecule has 0 radical (unpaired) electrons. The lowest BCUT2D eigenvalue weighted by Crippen LogP contribution is -2.38. The van der Waals surface area contributed by atoms with Gasteiger partial charge in [-0.3, -0.25) is 9.48 Å². The quantitative estimate of drug-likeness (QED) is 0.753.